The largest absolute Gasteiger partial charge is 0.269 e. The molecule has 17 heavy (non-hydrogen) atoms. The van der Waals surface area contributed by atoms with Crippen LogP contribution in [0.3, 0.4) is 0 Å². The van der Waals surface area contributed by atoms with Crippen molar-refractivity contribution in [1.82, 2.24) is 0 Å². The van der Waals surface area contributed by atoms with Gasteiger partial charge in [0.05, 0.1) is 10.2 Å². The summed E-state index contributed by atoms with van der Waals surface area (Å²) in [6, 6.07) is 4.51. The Balaban J connectivity index is 2.56. The number of rotatable bonds is 2. The van der Waals surface area contributed by atoms with E-state index in [1.165, 1.54) is 18.4 Å². The molecule has 0 saturated heterocycles. The highest BCUT2D eigenvalue weighted by atomic mass is 32.2. The quantitative estimate of drug-likeness (QED) is 0.598. The highest BCUT2D eigenvalue weighted by Crippen LogP contribution is 2.36. The Hall–Kier alpha value is -1.43. The first-order valence-corrected chi connectivity index (χ1v) is 7.31. The number of nitro benzene ring substituents is 1. The van der Waals surface area contributed by atoms with Gasteiger partial charge in [0.2, 0.25) is 0 Å². The standard InChI is InChI=1S/C11H13NO4S/c1-17(15,16)11-4-2-3-8-5-6-9(12(13)14)7-10(8)11/h5-7,11H,2-4H2,1H3. The van der Waals surface area contributed by atoms with Gasteiger partial charge < -0.3 is 0 Å². The van der Waals surface area contributed by atoms with Gasteiger partial charge in [0.1, 0.15) is 0 Å². The minimum absolute atomic E-state index is 0.0423. The molecule has 0 heterocycles. The normalized spacial score (nSPS) is 19.7. The van der Waals surface area contributed by atoms with Crippen molar-refractivity contribution in [2.45, 2.75) is 24.5 Å². The Kier molecular flexibility index (Phi) is 2.91. The molecule has 1 atom stereocenters. The van der Waals surface area contributed by atoms with Gasteiger partial charge in [0.25, 0.3) is 5.69 Å². The fourth-order valence-electron chi connectivity index (χ4n) is 2.30. The van der Waals surface area contributed by atoms with Crippen LogP contribution in [-0.2, 0) is 16.3 Å². The smallest absolute Gasteiger partial charge is 0.258 e. The van der Waals surface area contributed by atoms with Gasteiger partial charge in [-0.15, -0.1) is 0 Å². The number of nitrogens with zero attached hydrogens (tertiary/aromatic N) is 1. The molecule has 1 unspecified atom stereocenters. The van der Waals surface area contributed by atoms with Crippen LogP contribution in [-0.4, -0.2) is 19.6 Å². The average Bonchev–Trinajstić information content (AvgIpc) is 2.26. The molecule has 5 nitrogen and oxygen atoms in total. The number of hydrogen-bond acceptors (Lipinski definition) is 4. The fourth-order valence-corrected chi connectivity index (χ4v) is 3.58. The van der Waals surface area contributed by atoms with E-state index in [0.717, 1.165) is 18.4 Å². The second kappa shape index (κ2) is 4.10. The number of fused-ring (bicyclic) bond motifs is 1. The zero-order valence-electron chi connectivity index (χ0n) is 9.42. The minimum atomic E-state index is -3.20. The summed E-state index contributed by atoms with van der Waals surface area (Å²) >= 11 is 0. The topological polar surface area (TPSA) is 77.3 Å². The number of hydrogen-bond donors (Lipinski definition) is 0. The first-order valence-electron chi connectivity index (χ1n) is 5.35. The van der Waals surface area contributed by atoms with E-state index in [0.29, 0.717) is 12.0 Å². The first-order chi connectivity index (χ1) is 7.89. The van der Waals surface area contributed by atoms with E-state index in [4.69, 9.17) is 0 Å². The van der Waals surface area contributed by atoms with Crippen LogP contribution in [0.1, 0.15) is 29.2 Å². The fraction of sp³-hybridized carbons (Fsp3) is 0.455. The lowest BCUT2D eigenvalue weighted by Gasteiger charge is -2.23. The van der Waals surface area contributed by atoms with Crippen molar-refractivity contribution in [1.29, 1.82) is 0 Å². The van der Waals surface area contributed by atoms with Gasteiger partial charge in [-0.3, -0.25) is 10.1 Å². The third-order valence-electron chi connectivity index (χ3n) is 3.12. The second-order valence-corrected chi connectivity index (χ2v) is 6.58. The SMILES string of the molecule is CS(=O)(=O)C1CCCc2ccc([N+](=O)[O-])cc21. The average molecular weight is 255 g/mol. The van der Waals surface area contributed by atoms with Crippen LogP contribution in [0.15, 0.2) is 18.2 Å². The summed E-state index contributed by atoms with van der Waals surface area (Å²) in [5.74, 6) is 0. The van der Waals surface area contributed by atoms with Gasteiger partial charge in [-0.2, -0.15) is 0 Å². The van der Waals surface area contributed by atoms with Crippen LogP contribution < -0.4 is 0 Å². The maximum atomic E-state index is 11.7. The lowest BCUT2D eigenvalue weighted by atomic mass is 9.91. The van der Waals surface area contributed by atoms with Crippen LogP contribution in [0.5, 0.6) is 0 Å². The second-order valence-electron chi connectivity index (χ2n) is 4.35. The maximum Gasteiger partial charge on any atom is 0.269 e. The van der Waals surface area contributed by atoms with Crippen molar-refractivity contribution in [3.8, 4) is 0 Å². The van der Waals surface area contributed by atoms with Gasteiger partial charge in [-0.1, -0.05) is 6.07 Å². The summed E-state index contributed by atoms with van der Waals surface area (Å²) < 4.78 is 23.3. The third-order valence-corrected chi connectivity index (χ3v) is 4.64. The number of sulfone groups is 1. The Morgan fingerprint density at radius 1 is 1.41 bits per heavy atom. The summed E-state index contributed by atoms with van der Waals surface area (Å²) in [6.07, 6.45) is 3.33. The Labute approximate surface area is 99.5 Å². The van der Waals surface area contributed by atoms with Crippen molar-refractivity contribution in [2.24, 2.45) is 0 Å². The minimum Gasteiger partial charge on any atom is -0.258 e. The molecule has 92 valence electrons. The van der Waals surface area contributed by atoms with E-state index in [9.17, 15) is 18.5 Å². The van der Waals surface area contributed by atoms with E-state index in [2.05, 4.69) is 0 Å². The van der Waals surface area contributed by atoms with Crippen LogP contribution in [0.25, 0.3) is 0 Å². The molecule has 0 fully saturated rings. The molecule has 0 radical (unpaired) electrons. The molecule has 2 rings (SSSR count). The van der Waals surface area contributed by atoms with Crippen LogP contribution >= 0.6 is 0 Å². The summed E-state index contributed by atoms with van der Waals surface area (Å²) in [5.41, 5.74) is 1.48. The van der Waals surface area contributed by atoms with Crippen molar-refractivity contribution in [2.75, 3.05) is 6.26 Å². The number of non-ortho nitro benzene ring substituents is 1. The van der Waals surface area contributed by atoms with Crippen molar-refractivity contribution in [3.05, 3.63) is 39.4 Å². The molecular formula is C11H13NO4S. The molecule has 1 aromatic carbocycles. The Morgan fingerprint density at radius 2 is 2.12 bits per heavy atom. The van der Waals surface area contributed by atoms with Gasteiger partial charge in [-0.25, -0.2) is 8.42 Å². The molecule has 1 aliphatic rings. The molecule has 0 spiro atoms. The lowest BCUT2D eigenvalue weighted by molar-refractivity contribution is -0.384. The maximum absolute atomic E-state index is 11.7. The highest BCUT2D eigenvalue weighted by molar-refractivity contribution is 7.90. The predicted molar refractivity (Wildman–Crippen MR) is 63.6 cm³/mol. The first kappa shape index (κ1) is 12.0. The molecule has 6 heteroatoms. The highest BCUT2D eigenvalue weighted by Gasteiger charge is 2.29. The van der Waals surface area contributed by atoms with Crippen LogP contribution in [0.2, 0.25) is 0 Å². The summed E-state index contributed by atoms with van der Waals surface area (Å²) in [6.45, 7) is 0. The van der Waals surface area contributed by atoms with E-state index >= 15 is 0 Å². The van der Waals surface area contributed by atoms with Crippen molar-refractivity contribution in [3.63, 3.8) is 0 Å². The Morgan fingerprint density at radius 3 is 2.71 bits per heavy atom. The van der Waals surface area contributed by atoms with E-state index < -0.39 is 20.0 Å². The molecule has 0 amide bonds. The molecule has 0 aromatic heterocycles. The van der Waals surface area contributed by atoms with E-state index in [1.807, 2.05) is 0 Å². The van der Waals surface area contributed by atoms with Crippen LogP contribution in [0.4, 0.5) is 5.69 Å². The molecule has 0 bridgehead atoms. The predicted octanol–water partition coefficient (Wildman–Crippen LogP) is 2.02. The third kappa shape index (κ3) is 2.31. The molecule has 0 N–H and O–H groups in total. The summed E-state index contributed by atoms with van der Waals surface area (Å²) in [4.78, 5) is 10.2. The monoisotopic (exact) mass is 255 g/mol. The zero-order chi connectivity index (χ0) is 12.6. The molecule has 0 aliphatic heterocycles. The Bertz CT molecular complexity index is 565. The number of benzene rings is 1. The molecule has 1 aromatic rings. The van der Waals surface area contributed by atoms with E-state index in [-0.39, 0.29) is 5.69 Å². The zero-order valence-corrected chi connectivity index (χ0v) is 10.2. The summed E-state index contributed by atoms with van der Waals surface area (Å²) in [5, 5.41) is 10.1. The molecule has 0 saturated carbocycles. The van der Waals surface area contributed by atoms with Gasteiger partial charge >= 0.3 is 0 Å². The number of aryl methyl sites for hydroxylation is 1. The van der Waals surface area contributed by atoms with Gasteiger partial charge in [-0.05, 0) is 30.4 Å². The van der Waals surface area contributed by atoms with Gasteiger partial charge in [0, 0.05) is 18.4 Å². The summed E-state index contributed by atoms with van der Waals surface area (Å²) in [7, 11) is -3.20. The molecular weight excluding hydrogens is 242 g/mol. The van der Waals surface area contributed by atoms with Crippen LogP contribution in [0, 0.1) is 10.1 Å². The van der Waals surface area contributed by atoms with Crippen molar-refractivity contribution >= 4 is 15.5 Å². The lowest BCUT2D eigenvalue weighted by Crippen LogP contribution is -2.18. The molecule has 1 aliphatic carbocycles. The van der Waals surface area contributed by atoms with E-state index in [1.54, 1.807) is 6.07 Å². The van der Waals surface area contributed by atoms with Gasteiger partial charge in [0.15, 0.2) is 9.84 Å². The van der Waals surface area contributed by atoms with Crippen molar-refractivity contribution < 1.29 is 13.3 Å². The number of nitro groups is 1.